The molecular weight excluding hydrogens is 264 g/mol. The van der Waals surface area contributed by atoms with Crippen molar-refractivity contribution in [3.63, 3.8) is 0 Å². The number of anilines is 1. The molecule has 0 aliphatic carbocycles. The second-order valence-corrected chi connectivity index (χ2v) is 6.32. The molecule has 1 amide bonds. The van der Waals surface area contributed by atoms with E-state index in [-0.39, 0.29) is 11.2 Å². The molecular formula is C13H14N2OS2. The minimum Gasteiger partial charge on any atom is -0.325 e. The molecule has 2 aromatic rings. The summed E-state index contributed by atoms with van der Waals surface area (Å²) in [5, 5.41) is 4.72. The summed E-state index contributed by atoms with van der Waals surface area (Å²) in [6, 6.07) is 9.48. The third-order valence-corrected chi connectivity index (χ3v) is 4.48. The van der Waals surface area contributed by atoms with Gasteiger partial charge < -0.3 is 5.32 Å². The summed E-state index contributed by atoms with van der Waals surface area (Å²) in [6.07, 6.45) is 0. The fraction of sp³-hybridized carbons (Fsp3) is 0.231. The van der Waals surface area contributed by atoms with E-state index in [1.165, 1.54) is 11.8 Å². The minimum atomic E-state index is -0.157. The van der Waals surface area contributed by atoms with Crippen molar-refractivity contribution in [2.45, 2.75) is 23.4 Å². The number of hydrogen-bond donors (Lipinski definition) is 1. The number of carbonyl (C=O) groups excluding carboxylic acids is 1. The van der Waals surface area contributed by atoms with Gasteiger partial charge in [-0.2, -0.15) is 0 Å². The topological polar surface area (TPSA) is 42.0 Å². The molecule has 1 N–H and O–H groups in total. The lowest BCUT2D eigenvalue weighted by molar-refractivity contribution is -0.115. The first-order valence-corrected chi connectivity index (χ1v) is 7.36. The van der Waals surface area contributed by atoms with Gasteiger partial charge in [-0.05, 0) is 26.0 Å². The molecule has 0 spiro atoms. The van der Waals surface area contributed by atoms with Crippen LogP contribution in [-0.4, -0.2) is 16.1 Å². The van der Waals surface area contributed by atoms with E-state index in [2.05, 4.69) is 10.3 Å². The number of thioether (sulfide) groups is 1. The molecule has 0 bridgehead atoms. The molecule has 0 fully saturated rings. The molecule has 18 heavy (non-hydrogen) atoms. The highest BCUT2D eigenvalue weighted by atomic mass is 32.2. The monoisotopic (exact) mass is 278 g/mol. The maximum atomic E-state index is 12.0. The van der Waals surface area contributed by atoms with Crippen LogP contribution in [0.15, 0.2) is 40.1 Å². The first-order valence-electron chi connectivity index (χ1n) is 5.60. The highest BCUT2D eigenvalue weighted by Crippen LogP contribution is 2.27. The summed E-state index contributed by atoms with van der Waals surface area (Å²) in [5.41, 5.74) is 1.82. The molecule has 2 rings (SSSR count). The van der Waals surface area contributed by atoms with Gasteiger partial charge in [0.2, 0.25) is 5.91 Å². The summed E-state index contributed by atoms with van der Waals surface area (Å²) >= 11 is 3.06. The van der Waals surface area contributed by atoms with Crippen LogP contribution < -0.4 is 5.32 Å². The Morgan fingerprint density at radius 2 is 2.11 bits per heavy atom. The predicted octanol–water partition coefficient (Wildman–Crippen LogP) is 3.57. The summed E-state index contributed by atoms with van der Waals surface area (Å²) in [5.74, 6) is -0.000877. The molecule has 1 atom stereocenters. The SMILES string of the molecule is Cc1csc(S[C@H](C)C(=O)Nc2ccccc2)n1. The number of para-hydroxylation sites is 1. The number of aromatic nitrogens is 1. The van der Waals surface area contributed by atoms with Crippen molar-refractivity contribution < 1.29 is 4.79 Å². The maximum Gasteiger partial charge on any atom is 0.237 e. The van der Waals surface area contributed by atoms with Gasteiger partial charge in [0.15, 0.2) is 4.34 Å². The molecule has 0 aliphatic rings. The Balaban J connectivity index is 1.93. The average molecular weight is 278 g/mol. The lowest BCUT2D eigenvalue weighted by Crippen LogP contribution is -2.22. The van der Waals surface area contributed by atoms with Crippen molar-refractivity contribution in [2.24, 2.45) is 0 Å². The molecule has 0 unspecified atom stereocenters. The van der Waals surface area contributed by atoms with Crippen molar-refractivity contribution >= 4 is 34.7 Å². The zero-order valence-corrected chi connectivity index (χ0v) is 11.8. The highest BCUT2D eigenvalue weighted by molar-refractivity contribution is 8.02. The Bertz CT molecular complexity index is 525. The third kappa shape index (κ3) is 3.58. The first kappa shape index (κ1) is 13.1. The number of hydrogen-bond acceptors (Lipinski definition) is 4. The Morgan fingerprint density at radius 1 is 1.39 bits per heavy atom. The summed E-state index contributed by atoms with van der Waals surface area (Å²) in [6.45, 7) is 3.84. The van der Waals surface area contributed by atoms with Crippen molar-refractivity contribution in [3.8, 4) is 0 Å². The number of carbonyl (C=O) groups is 1. The van der Waals surface area contributed by atoms with E-state index < -0.39 is 0 Å². The number of aryl methyl sites for hydroxylation is 1. The van der Waals surface area contributed by atoms with Crippen LogP contribution in [-0.2, 0) is 4.79 Å². The van der Waals surface area contributed by atoms with Gasteiger partial charge in [0, 0.05) is 16.8 Å². The van der Waals surface area contributed by atoms with Gasteiger partial charge in [-0.15, -0.1) is 11.3 Å². The predicted molar refractivity (Wildman–Crippen MR) is 77.2 cm³/mol. The lowest BCUT2D eigenvalue weighted by Gasteiger charge is -2.10. The Kier molecular flexibility index (Phi) is 4.38. The van der Waals surface area contributed by atoms with E-state index in [4.69, 9.17) is 0 Å². The number of amides is 1. The van der Waals surface area contributed by atoms with Gasteiger partial charge in [-0.1, -0.05) is 30.0 Å². The third-order valence-electron chi connectivity index (χ3n) is 2.29. The maximum absolute atomic E-state index is 12.0. The summed E-state index contributed by atoms with van der Waals surface area (Å²) in [7, 11) is 0. The zero-order chi connectivity index (χ0) is 13.0. The van der Waals surface area contributed by atoms with E-state index in [0.717, 1.165) is 15.7 Å². The Hall–Kier alpha value is -1.33. The normalized spacial score (nSPS) is 12.1. The molecule has 0 radical (unpaired) electrons. The van der Waals surface area contributed by atoms with E-state index in [1.54, 1.807) is 11.3 Å². The largest absolute Gasteiger partial charge is 0.325 e. The van der Waals surface area contributed by atoms with Gasteiger partial charge in [-0.25, -0.2) is 4.98 Å². The average Bonchev–Trinajstić information content (AvgIpc) is 2.76. The molecule has 1 heterocycles. The number of benzene rings is 1. The molecule has 5 heteroatoms. The van der Waals surface area contributed by atoms with Gasteiger partial charge in [0.05, 0.1) is 5.25 Å². The Labute approximate surface area is 115 Å². The smallest absolute Gasteiger partial charge is 0.237 e. The van der Waals surface area contributed by atoms with Crippen LogP contribution in [0.4, 0.5) is 5.69 Å². The molecule has 1 aromatic carbocycles. The van der Waals surface area contributed by atoms with Crippen molar-refractivity contribution in [1.82, 2.24) is 4.98 Å². The van der Waals surface area contributed by atoms with Gasteiger partial charge >= 0.3 is 0 Å². The van der Waals surface area contributed by atoms with Crippen LogP contribution in [0.2, 0.25) is 0 Å². The van der Waals surface area contributed by atoms with Gasteiger partial charge in [-0.3, -0.25) is 4.79 Å². The van der Waals surface area contributed by atoms with Crippen LogP contribution in [0.5, 0.6) is 0 Å². The van der Waals surface area contributed by atoms with Gasteiger partial charge in [0.1, 0.15) is 0 Å². The minimum absolute atomic E-state index is 0.000877. The second-order valence-electron chi connectivity index (χ2n) is 3.87. The van der Waals surface area contributed by atoms with Crippen molar-refractivity contribution in [2.75, 3.05) is 5.32 Å². The molecule has 1 aromatic heterocycles. The van der Waals surface area contributed by atoms with E-state index >= 15 is 0 Å². The van der Waals surface area contributed by atoms with Crippen LogP contribution >= 0.6 is 23.1 Å². The van der Waals surface area contributed by atoms with E-state index in [1.807, 2.05) is 49.6 Å². The molecule has 0 saturated heterocycles. The highest BCUT2D eigenvalue weighted by Gasteiger charge is 2.16. The lowest BCUT2D eigenvalue weighted by atomic mass is 10.3. The number of rotatable bonds is 4. The fourth-order valence-electron chi connectivity index (χ4n) is 1.36. The fourth-order valence-corrected chi connectivity index (χ4v) is 3.34. The Morgan fingerprint density at radius 3 is 2.72 bits per heavy atom. The molecule has 3 nitrogen and oxygen atoms in total. The van der Waals surface area contributed by atoms with E-state index in [9.17, 15) is 4.79 Å². The van der Waals surface area contributed by atoms with Crippen LogP contribution in [0, 0.1) is 6.92 Å². The van der Waals surface area contributed by atoms with Crippen LogP contribution in [0.25, 0.3) is 0 Å². The van der Waals surface area contributed by atoms with Crippen molar-refractivity contribution in [3.05, 3.63) is 41.4 Å². The number of thiazole rings is 1. The zero-order valence-electron chi connectivity index (χ0n) is 10.2. The summed E-state index contributed by atoms with van der Waals surface area (Å²) in [4.78, 5) is 16.3. The van der Waals surface area contributed by atoms with Gasteiger partial charge in [0.25, 0.3) is 0 Å². The number of nitrogens with one attached hydrogen (secondary N) is 1. The first-order chi connectivity index (χ1) is 8.65. The molecule has 94 valence electrons. The standard InChI is InChI=1S/C13H14N2OS2/c1-9-8-17-13(14-9)18-10(2)12(16)15-11-6-4-3-5-7-11/h3-8,10H,1-2H3,(H,15,16)/t10-/m1/s1. The quantitative estimate of drug-likeness (QED) is 0.869. The molecule has 0 aliphatic heterocycles. The van der Waals surface area contributed by atoms with Crippen LogP contribution in [0.3, 0.4) is 0 Å². The second kappa shape index (κ2) is 6.02. The number of nitrogens with zero attached hydrogens (tertiary/aromatic N) is 1. The summed E-state index contributed by atoms with van der Waals surface area (Å²) < 4.78 is 0.934. The van der Waals surface area contributed by atoms with Crippen LogP contribution in [0.1, 0.15) is 12.6 Å². The van der Waals surface area contributed by atoms with E-state index in [0.29, 0.717) is 0 Å². The molecule has 0 saturated carbocycles. The van der Waals surface area contributed by atoms with Crippen molar-refractivity contribution in [1.29, 1.82) is 0 Å².